The first-order valence-electron chi connectivity index (χ1n) is 13.2. The second kappa shape index (κ2) is 11.9. The van der Waals surface area contributed by atoms with Crippen LogP contribution in [0.1, 0.15) is 56.8 Å². The van der Waals surface area contributed by atoms with Gasteiger partial charge in [0.1, 0.15) is 17.6 Å². The van der Waals surface area contributed by atoms with Gasteiger partial charge in [0.25, 0.3) is 11.7 Å². The molecule has 1 saturated heterocycles. The number of ether oxygens (including phenoxy) is 4. The number of likely N-dealkylation sites (tertiary alicyclic amines) is 1. The smallest absolute Gasteiger partial charge is 0.295 e. The van der Waals surface area contributed by atoms with Gasteiger partial charge in [-0.15, -0.1) is 0 Å². The Kier molecular flexibility index (Phi) is 8.62. The summed E-state index contributed by atoms with van der Waals surface area (Å²) in [7, 11) is 1.54. The van der Waals surface area contributed by atoms with Gasteiger partial charge in [-0.05, 0) is 67.6 Å². The Morgan fingerprint density at radius 1 is 1.11 bits per heavy atom. The summed E-state index contributed by atoms with van der Waals surface area (Å²) in [4.78, 5) is 27.9. The van der Waals surface area contributed by atoms with E-state index in [-0.39, 0.29) is 30.6 Å². The van der Waals surface area contributed by atoms with E-state index in [1.807, 2.05) is 26.0 Å². The molecule has 0 unspecified atom stereocenters. The number of rotatable bonds is 11. The number of hydrogen-bond donors (Lipinski definition) is 1. The highest BCUT2D eigenvalue weighted by Gasteiger charge is 2.46. The zero-order valence-electron chi connectivity index (χ0n) is 22.8. The highest BCUT2D eigenvalue weighted by atomic mass is 16.5. The van der Waals surface area contributed by atoms with E-state index in [1.165, 1.54) is 12.0 Å². The van der Waals surface area contributed by atoms with Crippen molar-refractivity contribution in [2.45, 2.75) is 52.7 Å². The summed E-state index contributed by atoms with van der Waals surface area (Å²) < 4.78 is 22.8. The van der Waals surface area contributed by atoms with Crippen LogP contribution in [0, 0.1) is 5.92 Å². The molecule has 0 saturated carbocycles. The van der Waals surface area contributed by atoms with Crippen LogP contribution in [-0.4, -0.2) is 61.3 Å². The van der Waals surface area contributed by atoms with Crippen LogP contribution in [0.15, 0.2) is 42.0 Å². The van der Waals surface area contributed by atoms with Crippen molar-refractivity contribution < 1.29 is 33.6 Å². The topological polar surface area (TPSA) is 94.5 Å². The molecular weight excluding hydrogens is 486 g/mol. The molecule has 4 rings (SSSR count). The van der Waals surface area contributed by atoms with Gasteiger partial charge in [-0.3, -0.25) is 9.59 Å². The minimum absolute atomic E-state index is 0.0361. The number of ketones is 1. The van der Waals surface area contributed by atoms with Gasteiger partial charge in [-0.2, -0.15) is 0 Å². The number of fused-ring (bicyclic) bond motifs is 1. The average molecular weight is 524 g/mol. The Bertz CT molecular complexity index is 1220. The van der Waals surface area contributed by atoms with Crippen molar-refractivity contribution in [1.29, 1.82) is 0 Å². The van der Waals surface area contributed by atoms with Crippen LogP contribution in [0.4, 0.5) is 0 Å². The molecule has 8 heteroatoms. The Balaban J connectivity index is 1.78. The fourth-order valence-electron chi connectivity index (χ4n) is 4.86. The predicted molar refractivity (Wildman–Crippen MR) is 144 cm³/mol. The number of methoxy groups -OCH3 is 1. The summed E-state index contributed by atoms with van der Waals surface area (Å²) in [5, 5.41) is 11.4. The lowest BCUT2D eigenvalue weighted by molar-refractivity contribution is -0.140. The third-order valence-corrected chi connectivity index (χ3v) is 6.78. The van der Waals surface area contributed by atoms with Gasteiger partial charge >= 0.3 is 0 Å². The van der Waals surface area contributed by atoms with Gasteiger partial charge < -0.3 is 29.0 Å². The first kappa shape index (κ1) is 27.5. The minimum atomic E-state index is -0.808. The van der Waals surface area contributed by atoms with Gasteiger partial charge in [-0.1, -0.05) is 19.9 Å². The number of amides is 1. The van der Waals surface area contributed by atoms with Crippen LogP contribution in [-0.2, 0) is 20.7 Å². The number of aliphatic hydroxyl groups is 1. The third-order valence-electron chi connectivity index (χ3n) is 6.78. The number of carbonyl (C=O) groups is 2. The summed E-state index contributed by atoms with van der Waals surface area (Å²) in [5.74, 6) is 0.754. The van der Waals surface area contributed by atoms with Crippen LogP contribution in [0.2, 0.25) is 0 Å². The number of nitrogens with zero attached hydrogens (tertiary/aromatic N) is 1. The van der Waals surface area contributed by atoms with E-state index in [9.17, 15) is 14.7 Å². The average Bonchev–Trinajstić information content (AvgIpc) is 3.38. The molecule has 0 aromatic heterocycles. The first-order valence-corrected chi connectivity index (χ1v) is 13.2. The minimum Gasteiger partial charge on any atom is -0.507 e. The van der Waals surface area contributed by atoms with Gasteiger partial charge in [0.2, 0.25) is 0 Å². The molecule has 2 atom stereocenters. The van der Waals surface area contributed by atoms with E-state index >= 15 is 0 Å². The molecule has 1 amide bonds. The Morgan fingerprint density at radius 3 is 2.61 bits per heavy atom. The fraction of sp³-hybridized carbons (Fsp3) is 0.467. The third kappa shape index (κ3) is 5.65. The molecular formula is C30H37NO7. The van der Waals surface area contributed by atoms with Gasteiger partial charge in [0, 0.05) is 25.6 Å². The second-order valence-corrected chi connectivity index (χ2v) is 10.1. The summed E-state index contributed by atoms with van der Waals surface area (Å²) in [5.41, 5.74) is 2.09. The highest BCUT2D eigenvalue weighted by Crippen LogP contribution is 2.42. The Morgan fingerprint density at radius 2 is 1.89 bits per heavy atom. The van der Waals surface area contributed by atoms with E-state index < -0.39 is 17.7 Å². The number of hydrogen-bond acceptors (Lipinski definition) is 7. The summed E-state index contributed by atoms with van der Waals surface area (Å²) in [6.45, 7) is 9.52. The van der Waals surface area contributed by atoms with Crippen molar-refractivity contribution >= 4 is 17.4 Å². The zero-order chi connectivity index (χ0) is 27.4. The molecule has 1 fully saturated rings. The first-order chi connectivity index (χ1) is 18.2. The van der Waals surface area contributed by atoms with Crippen LogP contribution >= 0.6 is 0 Å². The maximum atomic E-state index is 13.3. The monoisotopic (exact) mass is 523 g/mol. The van der Waals surface area contributed by atoms with Crippen LogP contribution in [0.3, 0.4) is 0 Å². The number of carbonyl (C=O) groups excluding carboxylic acids is 2. The van der Waals surface area contributed by atoms with E-state index in [2.05, 4.69) is 13.8 Å². The molecule has 1 N–H and O–H groups in total. The predicted octanol–water partition coefficient (Wildman–Crippen LogP) is 4.90. The molecule has 8 nitrogen and oxygen atoms in total. The van der Waals surface area contributed by atoms with Crippen molar-refractivity contribution in [2.24, 2.45) is 5.92 Å². The lowest BCUT2D eigenvalue weighted by Crippen LogP contribution is -2.32. The molecule has 0 spiro atoms. The standard InChI is InChI=1S/C30H37NO7/c1-6-36-25-17-20(7-10-24(25)37-13-11-18(2)3)27-26(29(33)30(34)31(27)12-14-35-5)28(32)21-8-9-23-22(16-21)15-19(4)38-23/h7-10,16-19,27,32H,6,11-15H2,1-5H3/b28-26+/t19-,27+/m0/s1. The molecule has 0 radical (unpaired) electrons. The molecule has 204 valence electrons. The Labute approximate surface area is 224 Å². The largest absolute Gasteiger partial charge is 0.507 e. The van der Waals surface area contributed by atoms with Crippen molar-refractivity contribution in [2.75, 3.05) is 33.5 Å². The van der Waals surface area contributed by atoms with Crippen molar-refractivity contribution in [1.82, 2.24) is 4.90 Å². The molecule has 0 bridgehead atoms. The SMILES string of the molecule is CCOc1cc([C@@H]2/C(=C(\O)c3ccc4c(c3)C[C@H](C)O4)C(=O)C(=O)N2CCOC)ccc1OCCC(C)C. The number of aliphatic hydroxyl groups excluding tert-OH is 1. The van der Waals surface area contributed by atoms with Crippen LogP contribution in [0.5, 0.6) is 17.2 Å². The fourth-order valence-corrected chi connectivity index (χ4v) is 4.86. The summed E-state index contributed by atoms with van der Waals surface area (Å²) in [6.07, 6.45) is 1.65. The molecule has 0 aliphatic carbocycles. The lowest BCUT2D eigenvalue weighted by atomic mass is 9.94. The van der Waals surface area contributed by atoms with Crippen molar-refractivity contribution in [3.63, 3.8) is 0 Å². The number of benzene rings is 2. The van der Waals surface area contributed by atoms with Gasteiger partial charge in [0.15, 0.2) is 11.5 Å². The lowest BCUT2D eigenvalue weighted by Gasteiger charge is -2.26. The van der Waals surface area contributed by atoms with Crippen LogP contribution < -0.4 is 14.2 Å². The molecule has 2 aliphatic rings. The zero-order valence-corrected chi connectivity index (χ0v) is 22.8. The summed E-state index contributed by atoms with van der Waals surface area (Å²) >= 11 is 0. The van der Waals surface area contributed by atoms with E-state index in [1.54, 1.807) is 24.3 Å². The van der Waals surface area contributed by atoms with Gasteiger partial charge in [-0.25, -0.2) is 0 Å². The highest BCUT2D eigenvalue weighted by molar-refractivity contribution is 6.46. The summed E-state index contributed by atoms with van der Waals surface area (Å²) in [6, 6.07) is 9.92. The van der Waals surface area contributed by atoms with Gasteiger partial charge in [0.05, 0.1) is 31.4 Å². The molecule has 2 aromatic rings. The maximum Gasteiger partial charge on any atom is 0.295 e. The van der Waals surface area contributed by atoms with E-state index in [0.29, 0.717) is 48.2 Å². The second-order valence-electron chi connectivity index (χ2n) is 10.1. The van der Waals surface area contributed by atoms with Crippen molar-refractivity contribution in [3.8, 4) is 17.2 Å². The number of Topliss-reactive ketones (excluding diaryl/α,β-unsaturated/α-hetero) is 1. The molecule has 2 aromatic carbocycles. The van der Waals surface area contributed by atoms with Crippen molar-refractivity contribution in [3.05, 3.63) is 58.7 Å². The maximum absolute atomic E-state index is 13.3. The van der Waals surface area contributed by atoms with E-state index in [4.69, 9.17) is 18.9 Å². The van der Waals surface area contributed by atoms with Crippen LogP contribution in [0.25, 0.3) is 5.76 Å². The molecule has 2 heterocycles. The normalized spacial score (nSPS) is 20.1. The van der Waals surface area contributed by atoms with E-state index in [0.717, 1.165) is 17.7 Å². The Hall–Kier alpha value is -3.52. The quantitative estimate of drug-likeness (QED) is 0.254. The molecule has 38 heavy (non-hydrogen) atoms. The molecule has 2 aliphatic heterocycles.